The molecule has 0 radical (unpaired) electrons. The van der Waals surface area contributed by atoms with Gasteiger partial charge >= 0.3 is 0 Å². The topological polar surface area (TPSA) is 53.1 Å². The van der Waals surface area contributed by atoms with Crippen LogP contribution in [0.3, 0.4) is 0 Å². The molecule has 0 atom stereocenters. The van der Waals surface area contributed by atoms with Crippen LogP contribution < -0.4 is 0 Å². The molecule has 26 heavy (non-hydrogen) atoms. The van der Waals surface area contributed by atoms with E-state index in [1.807, 2.05) is 13.8 Å². The Morgan fingerprint density at radius 3 is 2.65 bits per heavy atom. The average Bonchev–Trinajstić information content (AvgIpc) is 3.07. The Morgan fingerprint density at radius 1 is 1.23 bits per heavy atom. The predicted molar refractivity (Wildman–Crippen MR) is 102 cm³/mol. The number of aromatic nitrogens is 3. The van der Waals surface area contributed by atoms with Crippen LogP contribution in [0.25, 0.3) is 22.2 Å². The Balaban J connectivity index is 1.88. The lowest BCUT2D eigenvalue weighted by Gasteiger charge is -2.26. The van der Waals surface area contributed by atoms with Crippen molar-refractivity contribution in [2.75, 3.05) is 13.7 Å². The second kappa shape index (κ2) is 6.88. The molecule has 1 aromatic carbocycles. The lowest BCUT2D eigenvalue weighted by atomic mass is 9.85. The van der Waals surface area contributed by atoms with Crippen molar-refractivity contribution in [1.82, 2.24) is 14.7 Å². The SMILES string of the molecule is COCCc1cc(-c2c(C)noc2C)cc2c1nc(C)n2CC1CCC1. The molecule has 3 aromatic rings. The summed E-state index contributed by atoms with van der Waals surface area (Å²) in [6.45, 7) is 7.85. The molecular weight excluding hydrogens is 326 g/mol. The molecule has 4 rings (SSSR count). The maximum Gasteiger partial charge on any atom is 0.141 e. The first-order chi connectivity index (χ1) is 12.6. The fraction of sp³-hybridized carbons (Fsp3) is 0.524. The average molecular weight is 353 g/mol. The maximum atomic E-state index is 5.41. The standard InChI is InChI=1S/C21H27N3O2/c1-13-20(14(2)26-23-13)18-10-17(8-9-25-4)21-19(11-18)24(15(3)22-21)12-16-6-5-7-16/h10-11,16H,5-9,12H2,1-4H3. The third kappa shape index (κ3) is 2.94. The van der Waals surface area contributed by atoms with E-state index >= 15 is 0 Å². The van der Waals surface area contributed by atoms with Crippen LogP contribution in [0.5, 0.6) is 0 Å². The fourth-order valence-corrected chi connectivity index (χ4v) is 4.02. The van der Waals surface area contributed by atoms with Gasteiger partial charge in [-0.3, -0.25) is 0 Å². The van der Waals surface area contributed by atoms with E-state index in [2.05, 4.69) is 28.8 Å². The molecule has 1 fully saturated rings. The van der Waals surface area contributed by atoms with Crippen molar-refractivity contribution >= 4 is 11.0 Å². The molecular formula is C21H27N3O2. The highest BCUT2D eigenvalue weighted by Gasteiger charge is 2.22. The molecule has 0 amide bonds. The molecule has 0 aliphatic heterocycles. The molecule has 0 bridgehead atoms. The van der Waals surface area contributed by atoms with E-state index in [1.165, 1.54) is 30.3 Å². The van der Waals surface area contributed by atoms with Gasteiger partial charge in [0.15, 0.2) is 0 Å². The Hall–Kier alpha value is -2.14. The van der Waals surface area contributed by atoms with Crippen LogP contribution in [0, 0.1) is 26.7 Å². The maximum absolute atomic E-state index is 5.41. The normalized spacial score (nSPS) is 14.9. The molecule has 1 aliphatic carbocycles. The van der Waals surface area contributed by atoms with Crippen molar-refractivity contribution in [1.29, 1.82) is 0 Å². The highest BCUT2D eigenvalue weighted by molar-refractivity contribution is 5.86. The summed E-state index contributed by atoms with van der Waals surface area (Å²) in [4.78, 5) is 4.91. The summed E-state index contributed by atoms with van der Waals surface area (Å²) in [5.41, 5.74) is 6.75. The summed E-state index contributed by atoms with van der Waals surface area (Å²) < 4.78 is 13.1. The van der Waals surface area contributed by atoms with Crippen molar-refractivity contribution in [3.63, 3.8) is 0 Å². The van der Waals surface area contributed by atoms with Gasteiger partial charge in [0.1, 0.15) is 11.6 Å². The molecule has 0 saturated heterocycles. The van der Waals surface area contributed by atoms with Crippen molar-refractivity contribution in [3.05, 3.63) is 35.0 Å². The van der Waals surface area contributed by atoms with Crippen LogP contribution in [-0.2, 0) is 17.7 Å². The molecule has 2 heterocycles. The van der Waals surface area contributed by atoms with Crippen molar-refractivity contribution in [3.8, 4) is 11.1 Å². The molecule has 0 N–H and O–H groups in total. The highest BCUT2D eigenvalue weighted by atomic mass is 16.5. The number of imidazole rings is 1. The quantitative estimate of drug-likeness (QED) is 0.649. The molecule has 5 heteroatoms. The zero-order valence-electron chi connectivity index (χ0n) is 16.1. The van der Waals surface area contributed by atoms with Crippen LogP contribution in [0.4, 0.5) is 0 Å². The van der Waals surface area contributed by atoms with Crippen LogP contribution in [0.1, 0.15) is 42.1 Å². The zero-order valence-corrected chi connectivity index (χ0v) is 16.1. The first-order valence-electron chi connectivity index (χ1n) is 9.50. The minimum absolute atomic E-state index is 0.689. The molecule has 0 spiro atoms. The van der Waals surface area contributed by atoms with Gasteiger partial charge in [0.05, 0.1) is 23.3 Å². The van der Waals surface area contributed by atoms with E-state index in [0.717, 1.165) is 52.8 Å². The minimum atomic E-state index is 0.689. The van der Waals surface area contributed by atoms with Gasteiger partial charge in [-0.05, 0) is 69.2 Å². The van der Waals surface area contributed by atoms with Gasteiger partial charge in [0.25, 0.3) is 0 Å². The van der Waals surface area contributed by atoms with E-state index in [0.29, 0.717) is 6.61 Å². The number of methoxy groups -OCH3 is 1. The fourth-order valence-electron chi connectivity index (χ4n) is 4.02. The van der Waals surface area contributed by atoms with Crippen LogP contribution in [0.15, 0.2) is 16.7 Å². The van der Waals surface area contributed by atoms with Gasteiger partial charge < -0.3 is 13.8 Å². The van der Waals surface area contributed by atoms with Crippen molar-refractivity contribution in [2.45, 2.75) is 53.0 Å². The second-order valence-corrected chi connectivity index (χ2v) is 7.51. The Kier molecular flexibility index (Phi) is 4.57. The van der Waals surface area contributed by atoms with Crippen molar-refractivity contribution in [2.24, 2.45) is 5.92 Å². The number of nitrogens with zero attached hydrogens (tertiary/aromatic N) is 3. The number of rotatable bonds is 6. The third-order valence-corrected chi connectivity index (χ3v) is 5.69. The lowest BCUT2D eigenvalue weighted by molar-refractivity contribution is 0.202. The summed E-state index contributed by atoms with van der Waals surface area (Å²) in [6, 6.07) is 4.49. The highest BCUT2D eigenvalue weighted by Crippen LogP contribution is 2.34. The minimum Gasteiger partial charge on any atom is -0.384 e. The van der Waals surface area contributed by atoms with E-state index in [9.17, 15) is 0 Å². The molecule has 2 aromatic heterocycles. The van der Waals surface area contributed by atoms with Gasteiger partial charge in [0.2, 0.25) is 0 Å². The Morgan fingerprint density at radius 2 is 2.04 bits per heavy atom. The number of aryl methyl sites for hydroxylation is 3. The number of hydrogen-bond donors (Lipinski definition) is 0. The number of hydrogen-bond acceptors (Lipinski definition) is 4. The van der Waals surface area contributed by atoms with Gasteiger partial charge in [-0.2, -0.15) is 0 Å². The summed E-state index contributed by atoms with van der Waals surface area (Å²) in [5.74, 6) is 2.75. The Labute approximate surface area is 154 Å². The summed E-state index contributed by atoms with van der Waals surface area (Å²) >= 11 is 0. The predicted octanol–water partition coefficient (Wildman–Crippen LogP) is 4.61. The van der Waals surface area contributed by atoms with Crippen LogP contribution in [0.2, 0.25) is 0 Å². The molecule has 138 valence electrons. The molecule has 1 aliphatic rings. The largest absolute Gasteiger partial charge is 0.384 e. The first-order valence-corrected chi connectivity index (χ1v) is 9.50. The zero-order chi connectivity index (χ0) is 18.3. The van der Waals surface area contributed by atoms with Gasteiger partial charge in [-0.1, -0.05) is 11.6 Å². The monoisotopic (exact) mass is 353 g/mol. The summed E-state index contributed by atoms with van der Waals surface area (Å²) in [6.07, 6.45) is 4.88. The second-order valence-electron chi connectivity index (χ2n) is 7.51. The van der Waals surface area contributed by atoms with E-state index < -0.39 is 0 Å². The van der Waals surface area contributed by atoms with E-state index in [4.69, 9.17) is 14.2 Å². The molecule has 1 saturated carbocycles. The smallest absolute Gasteiger partial charge is 0.141 e. The van der Waals surface area contributed by atoms with Gasteiger partial charge in [-0.15, -0.1) is 0 Å². The number of ether oxygens (including phenoxy) is 1. The van der Waals surface area contributed by atoms with Gasteiger partial charge in [-0.25, -0.2) is 4.98 Å². The number of fused-ring (bicyclic) bond motifs is 1. The van der Waals surface area contributed by atoms with Gasteiger partial charge in [0, 0.05) is 19.2 Å². The summed E-state index contributed by atoms with van der Waals surface area (Å²) in [7, 11) is 1.75. The van der Waals surface area contributed by atoms with Crippen LogP contribution in [-0.4, -0.2) is 28.4 Å². The lowest BCUT2D eigenvalue weighted by Crippen LogP contribution is -2.18. The van der Waals surface area contributed by atoms with Crippen LogP contribution >= 0.6 is 0 Å². The Bertz CT molecular complexity index is 915. The molecule has 5 nitrogen and oxygen atoms in total. The number of benzene rings is 1. The van der Waals surface area contributed by atoms with Crippen molar-refractivity contribution < 1.29 is 9.26 Å². The third-order valence-electron chi connectivity index (χ3n) is 5.69. The first kappa shape index (κ1) is 17.3. The molecule has 0 unspecified atom stereocenters. The summed E-state index contributed by atoms with van der Waals surface area (Å²) in [5, 5.41) is 4.14. The van der Waals surface area contributed by atoms with E-state index in [-0.39, 0.29) is 0 Å². The van der Waals surface area contributed by atoms with E-state index in [1.54, 1.807) is 7.11 Å².